The summed E-state index contributed by atoms with van der Waals surface area (Å²) in [5.41, 5.74) is -0.411. The molecule has 0 aromatic rings. The maximum Gasteiger partial charge on any atom is 0.457 e. The van der Waals surface area contributed by atoms with Crippen molar-refractivity contribution in [1.82, 2.24) is 0 Å². The van der Waals surface area contributed by atoms with Crippen molar-refractivity contribution in [3.63, 3.8) is 0 Å². The lowest BCUT2D eigenvalue weighted by molar-refractivity contribution is 0.00578. The molecule has 94 valence electrons. The number of unbranched alkanes of at least 4 members (excludes halogenated alkanes) is 3. The summed E-state index contributed by atoms with van der Waals surface area (Å²) < 4.78 is 11.8. The summed E-state index contributed by atoms with van der Waals surface area (Å²) >= 11 is 0. The van der Waals surface area contributed by atoms with E-state index in [1.165, 1.54) is 0 Å². The Morgan fingerprint density at radius 3 is 1.88 bits per heavy atom. The molecule has 1 heterocycles. The van der Waals surface area contributed by atoms with Crippen molar-refractivity contribution in [3.05, 3.63) is 0 Å². The molecule has 0 aromatic heterocycles. The van der Waals surface area contributed by atoms with Crippen LogP contribution in [0, 0.1) is 0 Å². The highest BCUT2D eigenvalue weighted by atomic mass is 16.7. The van der Waals surface area contributed by atoms with Crippen LogP contribution < -0.4 is 0 Å². The van der Waals surface area contributed by atoms with E-state index in [1.807, 2.05) is 0 Å². The molecule has 1 aliphatic heterocycles. The van der Waals surface area contributed by atoms with Gasteiger partial charge in [-0.15, -0.1) is 0 Å². The number of aliphatic hydroxyl groups is 1. The smallest absolute Gasteiger partial charge is 0.403 e. The normalized spacial score (nSPS) is 22.7. The SMILES string of the molecule is CC1(C)OB(CCCCCCO)OC1(C)C. The number of rotatable bonds is 6. The summed E-state index contributed by atoms with van der Waals surface area (Å²) in [4.78, 5) is 0. The third-order valence-electron chi connectivity index (χ3n) is 3.65. The summed E-state index contributed by atoms with van der Waals surface area (Å²) in [5.74, 6) is 0. The second-order valence-electron chi connectivity index (χ2n) is 5.61. The molecule has 1 saturated heterocycles. The molecular formula is C12H25BO3. The lowest BCUT2D eigenvalue weighted by Gasteiger charge is -2.32. The van der Waals surface area contributed by atoms with Crippen LogP contribution in [-0.4, -0.2) is 30.0 Å². The van der Waals surface area contributed by atoms with Crippen molar-refractivity contribution >= 4 is 7.12 Å². The molecule has 0 saturated carbocycles. The molecule has 1 N–H and O–H groups in total. The molecule has 0 radical (unpaired) electrons. The van der Waals surface area contributed by atoms with Gasteiger partial charge in [0.2, 0.25) is 0 Å². The average Bonchev–Trinajstić information content (AvgIpc) is 2.35. The van der Waals surface area contributed by atoms with Gasteiger partial charge in [-0.05, 0) is 40.4 Å². The van der Waals surface area contributed by atoms with Crippen molar-refractivity contribution in [2.45, 2.75) is 70.9 Å². The zero-order chi connectivity index (χ0) is 12.2. The lowest BCUT2D eigenvalue weighted by atomic mass is 9.82. The number of hydrogen-bond acceptors (Lipinski definition) is 3. The third kappa shape index (κ3) is 3.47. The van der Waals surface area contributed by atoms with Gasteiger partial charge in [-0.3, -0.25) is 0 Å². The maximum atomic E-state index is 8.66. The molecule has 1 aliphatic rings. The molecule has 0 bridgehead atoms. The predicted molar refractivity (Wildman–Crippen MR) is 66.4 cm³/mol. The molecule has 0 aromatic carbocycles. The fourth-order valence-electron chi connectivity index (χ4n) is 1.86. The van der Waals surface area contributed by atoms with E-state index in [9.17, 15) is 0 Å². The molecule has 0 atom stereocenters. The minimum atomic E-state index is -0.206. The summed E-state index contributed by atoms with van der Waals surface area (Å²) in [5, 5.41) is 8.66. The van der Waals surface area contributed by atoms with Crippen LogP contribution >= 0.6 is 0 Å². The van der Waals surface area contributed by atoms with Crippen molar-refractivity contribution in [2.24, 2.45) is 0 Å². The highest BCUT2D eigenvalue weighted by molar-refractivity contribution is 6.45. The number of hydrogen-bond donors (Lipinski definition) is 1. The Hall–Kier alpha value is -0.0551. The zero-order valence-corrected chi connectivity index (χ0v) is 11.1. The molecule has 0 amide bonds. The predicted octanol–water partition coefficient (Wildman–Crippen LogP) is 2.63. The summed E-state index contributed by atoms with van der Waals surface area (Å²) in [6, 6.07) is 0. The van der Waals surface area contributed by atoms with Gasteiger partial charge in [0.15, 0.2) is 0 Å². The van der Waals surface area contributed by atoms with Crippen molar-refractivity contribution < 1.29 is 14.4 Å². The van der Waals surface area contributed by atoms with Gasteiger partial charge in [-0.1, -0.05) is 19.3 Å². The van der Waals surface area contributed by atoms with Crippen LogP contribution in [-0.2, 0) is 9.31 Å². The quantitative estimate of drug-likeness (QED) is 0.561. The summed E-state index contributed by atoms with van der Waals surface area (Å²) in [7, 11) is -0.0564. The molecule has 0 aliphatic carbocycles. The summed E-state index contributed by atoms with van der Waals surface area (Å²) in [6.07, 6.45) is 5.21. The minimum absolute atomic E-state index is 0.0564. The maximum absolute atomic E-state index is 8.66. The highest BCUT2D eigenvalue weighted by Crippen LogP contribution is 2.38. The van der Waals surface area contributed by atoms with Gasteiger partial charge in [0.25, 0.3) is 0 Å². The summed E-state index contributed by atoms with van der Waals surface area (Å²) in [6.45, 7) is 8.63. The van der Waals surface area contributed by atoms with E-state index in [-0.39, 0.29) is 18.3 Å². The minimum Gasteiger partial charge on any atom is -0.403 e. The van der Waals surface area contributed by atoms with Crippen molar-refractivity contribution in [1.29, 1.82) is 0 Å². The second kappa shape index (κ2) is 5.52. The topological polar surface area (TPSA) is 38.7 Å². The monoisotopic (exact) mass is 228 g/mol. The second-order valence-corrected chi connectivity index (χ2v) is 5.61. The standard InChI is InChI=1S/C12H25BO3/c1-11(2)12(3,4)16-13(15-11)9-7-5-6-8-10-14/h14H,5-10H2,1-4H3. The van der Waals surface area contributed by atoms with Crippen LogP contribution in [0.3, 0.4) is 0 Å². The fourth-order valence-corrected chi connectivity index (χ4v) is 1.86. The first kappa shape index (κ1) is 14.0. The van der Waals surface area contributed by atoms with Gasteiger partial charge in [-0.2, -0.15) is 0 Å². The molecule has 1 rings (SSSR count). The van der Waals surface area contributed by atoms with Gasteiger partial charge in [0.05, 0.1) is 11.2 Å². The van der Waals surface area contributed by atoms with Crippen LogP contribution in [0.5, 0.6) is 0 Å². The van der Waals surface area contributed by atoms with Crippen LogP contribution in [0.1, 0.15) is 53.4 Å². The Balaban J connectivity index is 2.21. The van der Waals surface area contributed by atoms with Gasteiger partial charge in [-0.25, -0.2) is 0 Å². The first-order chi connectivity index (χ1) is 7.39. The molecule has 1 fully saturated rings. The van der Waals surface area contributed by atoms with Gasteiger partial charge in [0, 0.05) is 6.61 Å². The molecule has 16 heavy (non-hydrogen) atoms. The first-order valence-electron chi connectivity index (χ1n) is 6.35. The van der Waals surface area contributed by atoms with Gasteiger partial charge in [0.1, 0.15) is 0 Å². The largest absolute Gasteiger partial charge is 0.457 e. The Kier molecular flexibility index (Phi) is 4.83. The Labute approximate surface area is 99.7 Å². The van der Waals surface area contributed by atoms with Crippen molar-refractivity contribution in [2.75, 3.05) is 6.61 Å². The van der Waals surface area contributed by atoms with E-state index in [1.54, 1.807) is 0 Å². The zero-order valence-electron chi connectivity index (χ0n) is 11.1. The molecular weight excluding hydrogens is 203 g/mol. The van der Waals surface area contributed by atoms with E-state index in [0.29, 0.717) is 6.61 Å². The van der Waals surface area contributed by atoms with Crippen LogP contribution in [0.25, 0.3) is 0 Å². The molecule has 3 nitrogen and oxygen atoms in total. The Morgan fingerprint density at radius 1 is 0.875 bits per heavy atom. The van der Waals surface area contributed by atoms with E-state index >= 15 is 0 Å². The van der Waals surface area contributed by atoms with Gasteiger partial charge >= 0.3 is 7.12 Å². The van der Waals surface area contributed by atoms with E-state index < -0.39 is 0 Å². The molecule has 4 heteroatoms. The highest BCUT2D eigenvalue weighted by Gasteiger charge is 2.50. The van der Waals surface area contributed by atoms with Crippen molar-refractivity contribution in [3.8, 4) is 0 Å². The number of aliphatic hydroxyl groups excluding tert-OH is 1. The Bertz CT molecular complexity index is 200. The van der Waals surface area contributed by atoms with Crippen LogP contribution in [0.2, 0.25) is 6.32 Å². The van der Waals surface area contributed by atoms with E-state index in [0.717, 1.165) is 32.0 Å². The fraction of sp³-hybridized carbons (Fsp3) is 1.00. The average molecular weight is 228 g/mol. The van der Waals surface area contributed by atoms with E-state index in [4.69, 9.17) is 14.4 Å². The first-order valence-corrected chi connectivity index (χ1v) is 6.35. The Morgan fingerprint density at radius 2 is 1.38 bits per heavy atom. The van der Waals surface area contributed by atoms with Gasteiger partial charge < -0.3 is 14.4 Å². The van der Waals surface area contributed by atoms with Crippen LogP contribution in [0.15, 0.2) is 0 Å². The lowest BCUT2D eigenvalue weighted by Crippen LogP contribution is -2.41. The molecule has 0 unspecified atom stereocenters. The molecule has 0 spiro atoms. The van der Waals surface area contributed by atoms with Crippen LogP contribution in [0.4, 0.5) is 0 Å². The van der Waals surface area contributed by atoms with E-state index in [2.05, 4.69) is 27.7 Å². The third-order valence-corrected chi connectivity index (χ3v) is 3.65.